The molecule has 2 heterocycles. The van der Waals surface area contributed by atoms with Crippen LogP contribution in [0.4, 0.5) is 0 Å². The van der Waals surface area contributed by atoms with Gasteiger partial charge in [-0.05, 0) is 43.4 Å². The second-order valence-corrected chi connectivity index (χ2v) is 7.66. The second-order valence-electron chi connectivity index (χ2n) is 7.66. The summed E-state index contributed by atoms with van der Waals surface area (Å²) in [5, 5.41) is 0. The zero-order valence-corrected chi connectivity index (χ0v) is 14.7. The Hall–Kier alpha value is -1.55. The van der Waals surface area contributed by atoms with E-state index >= 15 is 0 Å². The monoisotopic (exact) mass is 328 g/mol. The molecular formula is C20H28N2O2. The van der Waals surface area contributed by atoms with Crippen molar-refractivity contribution >= 4 is 5.91 Å². The van der Waals surface area contributed by atoms with E-state index < -0.39 is 0 Å². The Kier molecular flexibility index (Phi) is 4.49. The molecule has 1 amide bonds. The van der Waals surface area contributed by atoms with E-state index in [2.05, 4.69) is 34.9 Å². The van der Waals surface area contributed by atoms with Crippen molar-refractivity contribution in [1.82, 2.24) is 9.80 Å². The molecule has 0 unspecified atom stereocenters. The van der Waals surface area contributed by atoms with E-state index in [1.807, 2.05) is 0 Å². The highest BCUT2D eigenvalue weighted by Gasteiger charge is 2.30. The summed E-state index contributed by atoms with van der Waals surface area (Å²) in [5.41, 5.74) is 2.71. The Balaban J connectivity index is 1.34. The quantitative estimate of drug-likeness (QED) is 0.855. The summed E-state index contributed by atoms with van der Waals surface area (Å²) >= 11 is 0. The lowest BCUT2D eigenvalue weighted by atomic mass is 9.84. The molecule has 4 nitrogen and oxygen atoms in total. The van der Waals surface area contributed by atoms with Gasteiger partial charge in [0.25, 0.3) is 0 Å². The number of rotatable bonds is 3. The lowest BCUT2D eigenvalue weighted by molar-refractivity contribution is -0.138. The Morgan fingerprint density at radius 2 is 2.04 bits per heavy atom. The van der Waals surface area contributed by atoms with Gasteiger partial charge in [-0.3, -0.25) is 9.69 Å². The smallest absolute Gasteiger partial charge is 0.225 e. The van der Waals surface area contributed by atoms with Crippen LogP contribution in [0.5, 0.6) is 5.75 Å². The minimum Gasteiger partial charge on any atom is -0.490 e. The van der Waals surface area contributed by atoms with Crippen LogP contribution in [0.15, 0.2) is 18.2 Å². The van der Waals surface area contributed by atoms with Gasteiger partial charge >= 0.3 is 0 Å². The van der Waals surface area contributed by atoms with Crippen LogP contribution >= 0.6 is 0 Å². The molecule has 1 aromatic carbocycles. The van der Waals surface area contributed by atoms with Gasteiger partial charge in [-0.1, -0.05) is 18.6 Å². The van der Waals surface area contributed by atoms with Crippen molar-refractivity contribution in [2.24, 2.45) is 5.92 Å². The Morgan fingerprint density at radius 1 is 1.17 bits per heavy atom. The standard InChI is InChI=1S/C20H28N2O2/c1-15-12-18-13-16(6-7-19(18)24-15)14-21-8-3-9-22(11-10-21)20(23)17-4-2-5-17/h6-7,13,15,17H,2-5,8-12,14H2,1H3/t15-/m1/s1. The predicted molar refractivity (Wildman–Crippen MR) is 94.1 cm³/mol. The van der Waals surface area contributed by atoms with E-state index in [0.717, 1.165) is 64.2 Å². The summed E-state index contributed by atoms with van der Waals surface area (Å²) in [5.74, 6) is 1.79. The number of hydrogen-bond donors (Lipinski definition) is 0. The first-order valence-corrected chi connectivity index (χ1v) is 9.48. The minimum atomic E-state index is 0.305. The molecule has 0 spiro atoms. The summed E-state index contributed by atoms with van der Waals surface area (Å²) in [7, 11) is 0. The maximum Gasteiger partial charge on any atom is 0.225 e. The number of hydrogen-bond acceptors (Lipinski definition) is 3. The molecular weight excluding hydrogens is 300 g/mol. The number of amides is 1. The minimum absolute atomic E-state index is 0.305. The van der Waals surface area contributed by atoms with E-state index in [4.69, 9.17) is 4.74 Å². The fourth-order valence-electron chi connectivity index (χ4n) is 4.09. The number of ether oxygens (including phenoxy) is 1. The van der Waals surface area contributed by atoms with E-state index in [-0.39, 0.29) is 0 Å². The third-order valence-corrected chi connectivity index (χ3v) is 5.72. The number of carbonyl (C=O) groups is 1. The van der Waals surface area contributed by atoms with Crippen molar-refractivity contribution in [1.29, 1.82) is 0 Å². The largest absolute Gasteiger partial charge is 0.490 e. The van der Waals surface area contributed by atoms with Gasteiger partial charge in [-0.2, -0.15) is 0 Å². The summed E-state index contributed by atoms with van der Waals surface area (Å²) in [6.45, 7) is 7.00. The molecule has 2 aliphatic heterocycles. The van der Waals surface area contributed by atoms with E-state index in [1.165, 1.54) is 17.5 Å². The molecule has 1 saturated carbocycles. The third-order valence-electron chi connectivity index (χ3n) is 5.72. The summed E-state index contributed by atoms with van der Waals surface area (Å²) in [6.07, 6.45) is 5.86. The van der Waals surface area contributed by atoms with Crippen molar-refractivity contribution in [2.75, 3.05) is 26.2 Å². The van der Waals surface area contributed by atoms with Gasteiger partial charge in [0.05, 0.1) is 0 Å². The van der Waals surface area contributed by atoms with Crippen LogP contribution in [-0.2, 0) is 17.8 Å². The van der Waals surface area contributed by atoms with Crippen molar-refractivity contribution in [3.63, 3.8) is 0 Å². The van der Waals surface area contributed by atoms with Gasteiger partial charge in [0, 0.05) is 45.1 Å². The van der Waals surface area contributed by atoms with Crippen LogP contribution in [0.1, 0.15) is 43.7 Å². The maximum atomic E-state index is 12.5. The van der Waals surface area contributed by atoms with Crippen LogP contribution in [-0.4, -0.2) is 48.0 Å². The number of carbonyl (C=O) groups excluding carboxylic acids is 1. The zero-order chi connectivity index (χ0) is 16.5. The lowest BCUT2D eigenvalue weighted by Gasteiger charge is -2.31. The molecule has 0 aromatic heterocycles. The highest BCUT2D eigenvalue weighted by Crippen LogP contribution is 2.30. The highest BCUT2D eigenvalue weighted by atomic mass is 16.5. The number of benzene rings is 1. The average Bonchev–Trinajstić information content (AvgIpc) is 2.72. The van der Waals surface area contributed by atoms with Crippen LogP contribution in [0.25, 0.3) is 0 Å². The highest BCUT2D eigenvalue weighted by molar-refractivity contribution is 5.79. The van der Waals surface area contributed by atoms with Crippen molar-refractivity contribution in [2.45, 2.75) is 51.7 Å². The fourth-order valence-corrected chi connectivity index (χ4v) is 4.09. The topological polar surface area (TPSA) is 32.8 Å². The molecule has 0 bridgehead atoms. The SMILES string of the molecule is C[C@@H]1Cc2cc(CN3CCCN(C(=O)C4CCC4)CC3)ccc2O1. The van der Waals surface area contributed by atoms with Crippen LogP contribution < -0.4 is 4.74 Å². The molecule has 1 atom stereocenters. The second kappa shape index (κ2) is 6.75. The fraction of sp³-hybridized carbons (Fsp3) is 0.650. The van der Waals surface area contributed by atoms with Gasteiger partial charge in [0.15, 0.2) is 0 Å². The van der Waals surface area contributed by atoms with Crippen LogP contribution in [0.2, 0.25) is 0 Å². The van der Waals surface area contributed by atoms with Gasteiger partial charge in [-0.15, -0.1) is 0 Å². The molecule has 1 aliphatic carbocycles. The molecule has 2 fully saturated rings. The predicted octanol–water partition coefficient (Wildman–Crippen LogP) is 2.84. The Labute approximate surface area is 144 Å². The van der Waals surface area contributed by atoms with E-state index in [0.29, 0.717) is 17.9 Å². The molecule has 1 saturated heterocycles. The molecule has 0 N–H and O–H groups in total. The Morgan fingerprint density at radius 3 is 2.83 bits per heavy atom. The van der Waals surface area contributed by atoms with Crippen molar-refractivity contribution in [3.05, 3.63) is 29.3 Å². The molecule has 24 heavy (non-hydrogen) atoms. The number of nitrogens with zero attached hydrogens (tertiary/aromatic N) is 2. The van der Waals surface area contributed by atoms with Gasteiger partial charge in [0.2, 0.25) is 5.91 Å². The molecule has 4 heteroatoms. The summed E-state index contributed by atoms with van der Waals surface area (Å²) in [4.78, 5) is 17.1. The number of fused-ring (bicyclic) bond motifs is 1. The molecule has 0 radical (unpaired) electrons. The summed E-state index contributed by atoms with van der Waals surface area (Å²) < 4.78 is 5.79. The first kappa shape index (κ1) is 15.9. The van der Waals surface area contributed by atoms with Gasteiger partial charge < -0.3 is 9.64 Å². The lowest BCUT2D eigenvalue weighted by Crippen LogP contribution is -2.41. The normalized spacial score (nSPS) is 24.9. The zero-order valence-electron chi connectivity index (χ0n) is 14.7. The molecule has 130 valence electrons. The maximum absolute atomic E-state index is 12.5. The first-order chi connectivity index (χ1) is 11.7. The molecule has 1 aromatic rings. The van der Waals surface area contributed by atoms with E-state index in [9.17, 15) is 4.79 Å². The third kappa shape index (κ3) is 3.30. The Bertz CT molecular complexity index is 612. The first-order valence-electron chi connectivity index (χ1n) is 9.48. The van der Waals surface area contributed by atoms with E-state index in [1.54, 1.807) is 0 Å². The summed E-state index contributed by atoms with van der Waals surface area (Å²) in [6, 6.07) is 6.62. The van der Waals surface area contributed by atoms with Crippen LogP contribution in [0, 0.1) is 5.92 Å². The molecule has 4 rings (SSSR count). The molecule has 3 aliphatic rings. The van der Waals surface area contributed by atoms with Crippen molar-refractivity contribution < 1.29 is 9.53 Å². The van der Waals surface area contributed by atoms with Crippen molar-refractivity contribution in [3.8, 4) is 5.75 Å². The average molecular weight is 328 g/mol. The van der Waals surface area contributed by atoms with Gasteiger partial charge in [0.1, 0.15) is 11.9 Å². The van der Waals surface area contributed by atoms with Crippen LogP contribution in [0.3, 0.4) is 0 Å². The van der Waals surface area contributed by atoms with Gasteiger partial charge in [-0.25, -0.2) is 0 Å².